The zero-order valence-corrected chi connectivity index (χ0v) is 13.3. The Labute approximate surface area is 127 Å². The van der Waals surface area contributed by atoms with E-state index in [-0.39, 0.29) is 5.54 Å². The third-order valence-corrected chi connectivity index (χ3v) is 3.57. The maximum absolute atomic E-state index is 5.89. The number of benzene rings is 1. The average Bonchev–Trinajstić information content (AvgIpc) is 2.83. The van der Waals surface area contributed by atoms with Gasteiger partial charge in [-0.1, -0.05) is 29.4 Å². The molecule has 20 heavy (non-hydrogen) atoms. The summed E-state index contributed by atoms with van der Waals surface area (Å²) in [5.74, 6) is 1.54. The maximum Gasteiger partial charge on any atom is 0.209 e. The molecule has 0 fully saturated rings. The molecule has 1 aromatic heterocycles. The molecular formula is C13H17ClN4OS. The second kappa shape index (κ2) is 6.45. The average molecular weight is 313 g/mol. The molecular weight excluding hydrogens is 296 g/mol. The fraction of sp³-hybridized carbons (Fsp3) is 0.462. The Morgan fingerprint density at radius 3 is 2.85 bits per heavy atom. The molecule has 0 N–H and O–H groups in total. The van der Waals surface area contributed by atoms with Crippen LogP contribution in [0.25, 0.3) is 0 Å². The second-order valence-electron chi connectivity index (χ2n) is 5.20. The summed E-state index contributed by atoms with van der Waals surface area (Å²) in [4.78, 5) is 0. The van der Waals surface area contributed by atoms with E-state index in [0.29, 0.717) is 11.6 Å². The number of hydrogen-bond acceptors (Lipinski definition) is 5. The first-order valence-electron chi connectivity index (χ1n) is 6.27. The van der Waals surface area contributed by atoms with Crippen LogP contribution in [0.1, 0.15) is 20.8 Å². The molecule has 2 rings (SSSR count). The van der Waals surface area contributed by atoms with Gasteiger partial charge in [0.2, 0.25) is 5.16 Å². The molecule has 0 saturated carbocycles. The summed E-state index contributed by atoms with van der Waals surface area (Å²) in [7, 11) is 0. The van der Waals surface area contributed by atoms with Gasteiger partial charge in [0.1, 0.15) is 5.75 Å². The predicted molar refractivity (Wildman–Crippen MR) is 80.5 cm³/mol. The van der Waals surface area contributed by atoms with Crippen LogP contribution in [0.3, 0.4) is 0 Å². The van der Waals surface area contributed by atoms with Crippen LogP contribution in [-0.4, -0.2) is 32.6 Å². The molecule has 0 amide bonds. The van der Waals surface area contributed by atoms with Crippen molar-refractivity contribution in [2.45, 2.75) is 31.5 Å². The first-order valence-corrected chi connectivity index (χ1v) is 7.63. The quantitative estimate of drug-likeness (QED) is 0.626. The Kier molecular flexibility index (Phi) is 4.88. The van der Waals surface area contributed by atoms with E-state index in [9.17, 15) is 0 Å². The monoisotopic (exact) mass is 312 g/mol. The van der Waals surface area contributed by atoms with Gasteiger partial charge in [-0.2, -0.15) is 0 Å². The lowest BCUT2D eigenvalue weighted by molar-refractivity contribution is 0.320. The van der Waals surface area contributed by atoms with Gasteiger partial charge in [0.05, 0.1) is 12.1 Å². The summed E-state index contributed by atoms with van der Waals surface area (Å²) in [5.41, 5.74) is -0.125. The van der Waals surface area contributed by atoms with Gasteiger partial charge in [0, 0.05) is 10.8 Å². The van der Waals surface area contributed by atoms with Crippen LogP contribution >= 0.6 is 23.4 Å². The Hall–Kier alpha value is -1.27. The normalized spacial score (nSPS) is 11.6. The van der Waals surface area contributed by atoms with Gasteiger partial charge in [-0.25, -0.2) is 4.68 Å². The van der Waals surface area contributed by atoms with Gasteiger partial charge in [-0.15, -0.1) is 5.10 Å². The highest BCUT2D eigenvalue weighted by Gasteiger charge is 2.19. The highest BCUT2D eigenvalue weighted by Crippen LogP contribution is 2.22. The molecule has 0 aliphatic heterocycles. The second-order valence-corrected chi connectivity index (χ2v) is 6.70. The summed E-state index contributed by atoms with van der Waals surface area (Å²) < 4.78 is 7.44. The molecule has 108 valence electrons. The summed E-state index contributed by atoms with van der Waals surface area (Å²) >= 11 is 7.47. The standard InChI is InChI=1S/C13H17ClN4OS/c1-13(2,3)18-12(15-16-17-18)20-8-7-19-11-6-4-5-10(14)9-11/h4-6,9H,7-8H2,1-3H3. The van der Waals surface area contributed by atoms with Gasteiger partial charge in [0.15, 0.2) is 0 Å². The molecule has 0 saturated heterocycles. The molecule has 0 aliphatic carbocycles. The maximum atomic E-state index is 5.89. The van der Waals surface area contributed by atoms with Gasteiger partial charge < -0.3 is 4.74 Å². The number of halogens is 1. The van der Waals surface area contributed by atoms with E-state index < -0.39 is 0 Å². The Morgan fingerprint density at radius 1 is 1.35 bits per heavy atom. The van der Waals surface area contributed by atoms with E-state index in [0.717, 1.165) is 16.7 Å². The lowest BCUT2D eigenvalue weighted by Crippen LogP contribution is -2.24. The molecule has 7 heteroatoms. The fourth-order valence-electron chi connectivity index (χ4n) is 1.54. The number of nitrogens with zero attached hydrogens (tertiary/aromatic N) is 4. The van der Waals surface area contributed by atoms with Crippen molar-refractivity contribution in [3.05, 3.63) is 29.3 Å². The lowest BCUT2D eigenvalue weighted by Gasteiger charge is -2.19. The third-order valence-electron chi connectivity index (χ3n) is 2.46. The summed E-state index contributed by atoms with van der Waals surface area (Å²) in [5, 5.41) is 13.2. The van der Waals surface area contributed by atoms with Gasteiger partial charge in [-0.05, 0) is 49.4 Å². The van der Waals surface area contributed by atoms with E-state index in [1.807, 2.05) is 22.9 Å². The number of thioether (sulfide) groups is 1. The van der Waals surface area contributed by atoms with E-state index in [4.69, 9.17) is 16.3 Å². The van der Waals surface area contributed by atoms with Crippen molar-refractivity contribution in [3.8, 4) is 5.75 Å². The third kappa shape index (κ3) is 4.11. The number of hydrogen-bond donors (Lipinski definition) is 0. The summed E-state index contributed by atoms with van der Waals surface area (Å²) in [6.07, 6.45) is 0. The predicted octanol–water partition coefficient (Wildman–Crippen LogP) is 3.25. The number of tetrazole rings is 1. The molecule has 2 aromatic rings. The minimum atomic E-state index is -0.125. The van der Waals surface area contributed by atoms with Crippen molar-refractivity contribution in [1.82, 2.24) is 20.2 Å². The minimum absolute atomic E-state index is 0.125. The SMILES string of the molecule is CC(C)(C)n1nnnc1SCCOc1cccc(Cl)c1. The zero-order valence-electron chi connectivity index (χ0n) is 11.7. The Bertz CT molecular complexity index is 567. The largest absolute Gasteiger partial charge is 0.493 e. The van der Waals surface area contributed by atoms with Gasteiger partial charge in [-0.3, -0.25) is 0 Å². The highest BCUT2D eigenvalue weighted by atomic mass is 35.5. The molecule has 1 aromatic carbocycles. The van der Waals surface area contributed by atoms with Crippen LogP contribution in [0.2, 0.25) is 5.02 Å². The first kappa shape index (κ1) is 15.1. The number of aromatic nitrogens is 4. The van der Waals surface area contributed by atoms with Crippen molar-refractivity contribution in [3.63, 3.8) is 0 Å². The molecule has 0 unspecified atom stereocenters. The molecule has 0 atom stereocenters. The van der Waals surface area contributed by atoms with Crippen molar-refractivity contribution in [1.29, 1.82) is 0 Å². The molecule has 0 radical (unpaired) electrons. The van der Waals surface area contributed by atoms with E-state index >= 15 is 0 Å². The fourth-order valence-corrected chi connectivity index (χ4v) is 2.60. The summed E-state index contributed by atoms with van der Waals surface area (Å²) in [6, 6.07) is 7.37. The molecule has 0 aliphatic rings. The number of rotatable bonds is 5. The van der Waals surface area contributed by atoms with Crippen LogP contribution < -0.4 is 4.74 Å². The topological polar surface area (TPSA) is 52.8 Å². The molecule has 1 heterocycles. The summed E-state index contributed by atoms with van der Waals surface area (Å²) in [6.45, 7) is 6.77. The Morgan fingerprint density at radius 2 is 2.15 bits per heavy atom. The molecule has 0 spiro atoms. The number of ether oxygens (including phenoxy) is 1. The van der Waals surface area contributed by atoms with E-state index in [1.54, 1.807) is 17.8 Å². The van der Waals surface area contributed by atoms with Crippen molar-refractivity contribution in [2.75, 3.05) is 12.4 Å². The van der Waals surface area contributed by atoms with Crippen LogP contribution in [0.4, 0.5) is 0 Å². The van der Waals surface area contributed by atoms with Crippen molar-refractivity contribution in [2.24, 2.45) is 0 Å². The van der Waals surface area contributed by atoms with Crippen LogP contribution in [0.5, 0.6) is 5.75 Å². The minimum Gasteiger partial charge on any atom is -0.493 e. The van der Waals surface area contributed by atoms with Crippen molar-refractivity contribution < 1.29 is 4.74 Å². The van der Waals surface area contributed by atoms with Crippen LogP contribution in [0, 0.1) is 0 Å². The smallest absolute Gasteiger partial charge is 0.209 e. The Balaban J connectivity index is 1.84. The van der Waals surface area contributed by atoms with Crippen LogP contribution in [-0.2, 0) is 5.54 Å². The zero-order chi connectivity index (χ0) is 14.6. The molecule has 5 nitrogen and oxygen atoms in total. The van der Waals surface area contributed by atoms with Gasteiger partial charge >= 0.3 is 0 Å². The van der Waals surface area contributed by atoms with E-state index in [1.165, 1.54) is 0 Å². The lowest BCUT2D eigenvalue weighted by atomic mass is 10.1. The first-order chi connectivity index (χ1) is 9.47. The highest BCUT2D eigenvalue weighted by molar-refractivity contribution is 7.99. The van der Waals surface area contributed by atoms with E-state index in [2.05, 4.69) is 36.3 Å². The van der Waals surface area contributed by atoms with Crippen LogP contribution in [0.15, 0.2) is 29.4 Å². The van der Waals surface area contributed by atoms with Crippen molar-refractivity contribution >= 4 is 23.4 Å². The molecule has 0 bridgehead atoms. The van der Waals surface area contributed by atoms with Gasteiger partial charge in [0.25, 0.3) is 0 Å².